The van der Waals surface area contributed by atoms with Gasteiger partial charge in [0.1, 0.15) is 5.75 Å². The molecule has 0 heterocycles. The van der Waals surface area contributed by atoms with Crippen LogP contribution in [-0.2, 0) is 14.8 Å². The summed E-state index contributed by atoms with van der Waals surface area (Å²) in [5, 5.41) is 2.72. The van der Waals surface area contributed by atoms with Crippen LogP contribution in [0, 0.1) is 0 Å². The summed E-state index contributed by atoms with van der Waals surface area (Å²) in [5.74, 6) is 0.566. The van der Waals surface area contributed by atoms with E-state index in [9.17, 15) is 13.2 Å². The van der Waals surface area contributed by atoms with Gasteiger partial charge in [0.2, 0.25) is 15.9 Å². The Hall–Kier alpha value is -2.38. The number of nitrogens with zero attached hydrogens (tertiary/aromatic N) is 1. The maximum atomic E-state index is 12.5. The van der Waals surface area contributed by atoms with Gasteiger partial charge in [0.15, 0.2) is 0 Å². The van der Waals surface area contributed by atoms with E-state index in [0.717, 1.165) is 4.31 Å². The molecule has 0 atom stereocenters. The predicted octanol–water partition coefficient (Wildman–Crippen LogP) is 3.08. The maximum Gasteiger partial charge on any atom is 0.243 e. The van der Waals surface area contributed by atoms with E-state index in [1.54, 1.807) is 12.1 Å². The molecule has 6 nitrogen and oxygen atoms in total. The topological polar surface area (TPSA) is 75.7 Å². The van der Waals surface area contributed by atoms with E-state index in [0.29, 0.717) is 17.4 Å². The molecular formula is C19H24N2O4S. The zero-order chi connectivity index (χ0) is 19.3. The molecule has 2 aromatic carbocycles. The van der Waals surface area contributed by atoms with Crippen LogP contribution in [0.4, 0.5) is 5.69 Å². The van der Waals surface area contributed by atoms with Crippen LogP contribution in [0.2, 0.25) is 0 Å². The van der Waals surface area contributed by atoms with Crippen molar-refractivity contribution in [1.29, 1.82) is 0 Å². The van der Waals surface area contributed by atoms with Crippen molar-refractivity contribution < 1.29 is 17.9 Å². The summed E-state index contributed by atoms with van der Waals surface area (Å²) in [6.45, 7) is 3.90. The lowest BCUT2D eigenvalue weighted by atomic mass is 10.0. The number of hydrogen-bond acceptors (Lipinski definition) is 4. The van der Waals surface area contributed by atoms with Crippen LogP contribution in [0.5, 0.6) is 5.75 Å². The van der Waals surface area contributed by atoms with Gasteiger partial charge in [0.25, 0.3) is 0 Å². The Morgan fingerprint density at radius 1 is 1.08 bits per heavy atom. The zero-order valence-corrected chi connectivity index (χ0v) is 16.2. The van der Waals surface area contributed by atoms with Crippen molar-refractivity contribution in [2.24, 2.45) is 0 Å². The second-order valence-electron chi connectivity index (χ2n) is 6.26. The van der Waals surface area contributed by atoms with Crippen molar-refractivity contribution in [3.05, 3.63) is 54.1 Å². The summed E-state index contributed by atoms with van der Waals surface area (Å²) < 4.78 is 31.1. The zero-order valence-electron chi connectivity index (χ0n) is 15.4. The standard InChI is InChI=1S/C19H24N2O4S/c1-14(2)15-5-7-16(8-6-15)20-19(22)13-21(3)26(23,24)18-11-9-17(25-4)10-12-18/h5-12,14H,13H2,1-4H3,(H,20,22). The first-order valence-corrected chi connectivity index (χ1v) is 9.68. The van der Waals surface area contributed by atoms with E-state index in [4.69, 9.17) is 4.74 Å². The molecule has 0 saturated carbocycles. The van der Waals surface area contributed by atoms with Crippen molar-refractivity contribution >= 4 is 21.6 Å². The number of anilines is 1. The number of benzene rings is 2. The number of sulfonamides is 1. The molecule has 0 aliphatic carbocycles. The second kappa shape index (κ2) is 8.33. The summed E-state index contributed by atoms with van der Waals surface area (Å²) in [6.07, 6.45) is 0. The maximum absolute atomic E-state index is 12.5. The second-order valence-corrected chi connectivity index (χ2v) is 8.31. The minimum absolute atomic E-state index is 0.106. The minimum atomic E-state index is -3.75. The van der Waals surface area contributed by atoms with Crippen molar-refractivity contribution in [1.82, 2.24) is 4.31 Å². The molecule has 0 fully saturated rings. The fraction of sp³-hybridized carbons (Fsp3) is 0.316. The molecule has 2 rings (SSSR count). The van der Waals surface area contributed by atoms with Crippen LogP contribution in [0.25, 0.3) is 0 Å². The summed E-state index contributed by atoms with van der Waals surface area (Å²) in [7, 11) is -0.869. The van der Waals surface area contributed by atoms with Gasteiger partial charge >= 0.3 is 0 Å². The lowest BCUT2D eigenvalue weighted by Crippen LogP contribution is -2.34. The number of ether oxygens (including phenoxy) is 1. The van der Waals surface area contributed by atoms with Gasteiger partial charge in [0, 0.05) is 12.7 Å². The molecule has 0 bridgehead atoms. The molecule has 1 N–H and O–H groups in total. The Bertz CT molecular complexity index is 844. The molecule has 0 unspecified atom stereocenters. The molecule has 7 heteroatoms. The number of amides is 1. The number of carbonyl (C=O) groups excluding carboxylic acids is 1. The summed E-state index contributed by atoms with van der Waals surface area (Å²) in [5.41, 5.74) is 1.80. The van der Waals surface area contributed by atoms with Crippen molar-refractivity contribution in [2.45, 2.75) is 24.7 Å². The highest BCUT2D eigenvalue weighted by Gasteiger charge is 2.23. The number of likely N-dealkylation sites (N-methyl/N-ethyl adjacent to an activating group) is 1. The monoisotopic (exact) mass is 376 g/mol. The van der Waals surface area contributed by atoms with Crippen molar-refractivity contribution in [3.8, 4) is 5.75 Å². The molecular weight excluding hydrogens is 352 g/mol. The number of nitrogens with one attached hydrogen (secondary N) is 1. The molecule has 2 aromatic rings. The van der Waals surface area contributed by atoms with Gasteiger partial charge in [0.05, 0.1) is 18.6 Å². The first-order chi connectivity index (χ1) is 12.2. The van der Waals surface area contributed by atoms with Gasteiger partial charge in [-0.3, -0.25) is 4.79 Å². The summed E-state index contributed by atoms with van der Waals surface area (Å²) in [6, 6.07) is 13.5. The van der Waals surface area contributed by atoms with Crippen LogP contribution in [0.3, 0.4) is 0 Å². The van der Waals surface area contributed by atoms with Crippen molar-refractivity contribution in [3.63, 3.8) is 0 Å². The smallest absolute Gasteiger partial charge is 0.243 e. The predicted molar refractivity (Wildman–Crippen MR) is 102 cm³/mol. The first-order valence-electron chi connectivity index (χ1n) is 8.24. The molecule has 0 aliphatic heterocycles. The molecule has 0 radical (unpaired) electrons. The van der Waals surface area contributed by atoms with Gasteiger partial charge in [-0.05, 0) is 47.9 Å². The first kappa shape index (κ1) is 19.9. The molecule has 0 spiro atoms. The molecule has 26 heavy (non-hydrogen) atoms. The van der Waals surface area contributed by atoms with Crippen LogP contribution in [-0.4, -0.2) is 39.3 Å². The third kappa shape index (κ3) is 4.83. The molecule has 0 aromatic heterocycles. The Balaban J connectivity index is 2.02. The van der Waals surface area contributed by atoms with E-state index in [2.05, 4.69) is 19.2 Å². The van der Waals surface area contributed by atoms with Crippen LogP contribution < -0.4 is 10.1 Å². The van der Waals surface area contributed by atoms with E-state index in [1.807, 2.05) is 24.3 Å². The van der Waals surface area contributed by atoms with Gasteiger partial charge in [-0.1, -0.05) is 26.0 Å². The van der Waals surface area contributed by atoms with Gasteiger partial charge in [-0.25, -0.2) is 8.42 Å². The normalized spacial score (nSPS) is 11.6. The molecule has 140 valence electrons. The fourth-order valence-corrected chi connectivity index (χ4v) is 3.49. The Kier molecular flexibility index (Phi) is 6.39. The lowest BCUT2D eigenvalue weighted by molar-refractivity contribution is -0.116. The number of carbonyl (C=O) groups is 1. The lowest BCUT2D eigenvalue weighted by Gasteiger charge is -2.17. The molecule has 1 amide bonds. The van der Waals surface area contributed by atoms with E-state index >= 15 is 0 Å². The van der Waals surface area contributed by atoms with Gasteiger partial charge < -0.3 is 10.1 Å². The third-order valence-corrected chi connectivity index (χ3v) is 5.81. The largest absolute Gasteiger partial charge is 0.497 e. The van der Waals surface area contributed by atoms with Crippen molar-refractivity contribution in [2.75, 3.05) is 26.0 Å². The highest BCUT2D eigenvalue weighted by molar-refractivity contribution is 7.89. The summed E-state index contributed by atoms with van der Waals surface area (Å²) >= 11 is 0. The Labute approximate surface area is 154 Å². The van der Waals surface area contributed by atoms with E-state index in [1.165, 1.54) is 31.9 Å². The minimum Gasteiger partial charge on any atom is -0.497 e. The third-order valence-electron chi connectivity index (χ3n) is 3.99. The average molecular weight is 376 g/mol. The molecule has 0 aliphatic rings. The highest BCUT2D eigenvalue weighted by atomic mass is 32.2. The quantitative estimate of drug-likeness (QED) is 0.806. The number of hydrogen-bond donors (Lipinski definition) is 1. The average Bonchev–Trinajstić information content (AvgIpc) is 2.62. The van der Waals surface area contributed by atoms with E-state index in [-0.39, 0.29) is 11.4 Å². The van der Waals surface area contributed by atoms with Crippen LogP contribution >= 0.6 is 0 Å². The van der Waals surface area contributed by atoms with Crippen LogP contribution in [0.15, 0.2) is 53.4 Å². The van der Waals surface area contributed by atoms with E-state index < -0.39 is 15.9 Å². The summed E-state index contributed by atoms with van der Waals surface area (Å²) in [4.78, 5) is 12.3. The molecule has 0 saturated heterocycles. The van der Waals surface area contributed by atoms with Crippen LogP contribution in [0.1, 0.15) is 25.3 Å². The SMILES string of the molecule is COc1ccc(S(=O)(=O)N(C)CC(=O)Nc2ccc(C(C)C)cc2)cc1. The Morgan fingerprint density at radius 2 is 1.65 bits per heavy atom. The number of methoxy groups -OCH3 is 1. The van der Waals surface area contributed by atoms with Gasteiger partial charge in [-0.2, -0.15) is 4.31 Å². The number of rotatable bonds is 7. The van der Waals surface area contributed by atoms with Gasteiger partial charge in [-0.15, -0.1) is 0 Å². The fourth-order valence-electron chi connectivity index (χ4n) is 2.37. The Morgan fingerprint density at radius 3 is 2.15 bits per heavy atom. The highest BCUT2D eigenvalue weighted by Crippen LogP contribution is 2.19.